The minimum absolute atomic E-state index is 0.0740. The zero-order chi connectivity index (χ0) is 13.8. The molecule has 0 aliphatic rings. The van der Waals surface area contributed by atoms with Crippen molar-refractivity contribution in [2.75, 3.05) is 12.0 Å². The number of thioether (sulfide) groups is 1. The number of rotatable bonds is 5. The predicted molar refractivity (Wildman–Crippen MR) is 72.9 cm³/mol. The molecule has 100 valence electrons. The Kier molecular flexibility index (Phi) is 5.03. The van der Waals surface area contributed by atoms with Gasteiger partial charge in [0.1, 0.15) is 4.88 Å². The van der Waals surface area contributed by atoms with E-state index in [9.17, 15) is 9.59 Å². The second-order valence-corrected chi connectivity index (χ2v) is 6.04. The largest absolute Gasteiger partial charge is 0.511 e. The first-order chi connectivity index (χ1) is 8.35. The maximum Gasteiger partial charge on any atom is 0.511 e. The molecule has 0 atom stereocenters. The molecular weight excluding hydrogens is 274 g/mol. The van der Waals surface area contributed by atoms with Crippen molar-refractivity contribution in [3.63, 3.8) is 0 Å². The Morgan fingerprint density at radius 2 is 2.22 bits per heavy atom. The van der Waals surface area contributed by atoms with Crippen LogP contribution in [0.15, 0.2) is 11.4 Å². The topological polar surface area (TPSA) is 75.6 Å². The van der Waals surface area contributed by atoms with Crippen molar-refractivity contribution in [2.24, 2.45) is 0 Å². The highest BCUT2D eigenvalue weighted by Crippen LogP contribution is 2.25. The number of thiophene rings is 1. The van der Waals surface area contributed by atoms with Crippen LogP contribution in [0.5, 0.6) is 5.75 Å². The number of hydrogen-bond donors (Lipinski definition) is 2. The number of amides is 1. The molecule has 2 N–H and O–H groups in total. The Balaban J connectivity index is 2.78. The third kappa shape index (κ3) is 4.23. The fourth-order valence-corrected chi connectivity index (χ4v) is 2.90. The van der Waals surface area contributed by atoms with Crippen LogP contribution in [0.1, 0.15) is 23.5 Å². The number of carbonyl (C=O) groups is 2. The van der Waals surface area contributed by atoms with Gasteiger partial charge in [0.05, 0.1) is 0 Å². The Morgan fingerprint density at radius 1 is 1.56 bits per heavy atom. The molecule has 0 fully saturated rings. The van der Waals surface area contributed by atoms with E-state index in [1.807, 2.05) is 20.1 Å². The lowest BCUT2D eigenvalue weighted by molar-refractivity contribution is 0.0921. The molecule has 18 heavy (non-hydrogen) atoms. The maximum absolute atomic E-state index is 12.0. The quantitative estimate of drug-likeness (QED) is 0.815. The second-order valence-electron chi connectivity index (χ2n) is 4.25. The monoisotopic (exact) mass is 289 g/mol. The lowest BCUT2D eigenvalue weighted by atomic mass is 10.1. The smallest absolute Gasteiger partial charge is 0.449 e. The van der Waals surface area contributed by atoms with E-state index in [0.29, 0.717) is 0 Å². The normalized spacial score (nSPS) is 11.1. The minimum atomic E-state index is -1.43. The van der Waals surface area contributed by atoms with Gasteiger partial charge >= 0.3 is 6.16 Å². The highest BCUT2D eigenvalue weighted by molar-refractivity contribution is 7.98. The summed E-state index contributed by atoms with van der Waals surface area (Å²) < 4.78 is 4.54. The van der Waals surface area contributed by atoms with Gasteiger partial charge in [0.25, 0.3) is 5.91 Å². The highest BCUT2D eigenvalue weighted by atomic mass is 32.2. The van der Waals surface area contributed by atoms with Gasteiger partial charge in [-0.2, -0.15) is 11.8 Å². The number of carboxylic acid groups (broad SMARTS) is 1. The first kappa shape index (κ1) is 14.8. The van der Waals surface area contributed by atoms with E-state index in [4.69, 9.17) is 5.11 Å². The van der Waals surface area contributed by atoms with Gasteiger partial charge in [-0.25, -0.2) is 4.79 Å². The van der Waals surface area contributed by atoms with E-state index >= 15 is 0 Å². The summed E-state index contributed by atoms with van der Waals surface area (Å²) in [6, 6.07) is 1.47. The molecule has 0 unspecified atom stereocenters. The van der Waals surface area contributed by atoms with Crippen molar-refractivity contribution in [3.05, 3.63) is 16.3 Å². The summed E-state index contributed by atoms with van der Waals surface area (Å²) in [5, 5.41) is 13.0. The summed E-state index contributed by atoms with van der Waals surface area (Å²) in [6.45, 7) is 3.82. The van der Waals surface area contributed by atoms with Gasteiger partial charge in [-0.3, -0.25) is 4.79 Å². The van der Waals surface area contributed by atoms with Gasteiger partial charge in [-0.1, -0.05) is 0 Å². The summed E-state index contributed by atoms with van der Waals surface area (Å²) >= 11 is 2.78. The SMILES string of the molecule is CSCC(C)(C)NC(=O)c1sccc1OC(=O)O. The third-order valence-corrected chi connectivity index (χ3v) is 3.89. The first-order valence-corrected chi connectivity index (χ1v) is 7.43. The fourth-order valence-electron chi connectivity index (χ4n) is 1.40. The van der Waals surface area contributed by atoms with E-state index in [-0.39, 0.29) is 22.1 Å². The lowest BCUT2D eigenvalue weighted by Gasteiger charge is -2.25. The number of ether oxygens (including phenoxy) is 1. The van der Waals surface area contributed by atoms with Crippen molar-refractivity contribution in [1.82, 2.24) is 5.32 Å². The van der Waals surface area contributed by atoms with Crippen molar-refractivity contribution >= 4 is 35.2 Å². The first-order valence-electron chi connectivity index (χ1n) is 5.15. The summed E-state index contributed by atoms with van der Waals surface area (Å²) in [4.78, 5) is 22.8. The Bertz CT molecular complexity index is 442. The van der Waals surface area contributed by atoms with Crippen molar-refractivity contribution in [3.8, 4) is 5.75 Å². The molecule has 0 aliphatic carbocycles. The van der Waals surface area contributed by atoms with Gasteiger partial charge in [0.15, 0.2) is 5.75 Å². The van der Waals surface area contributed by atoms with Crippen LogP contribution >= 0.6 is 23.1 Å². The number of carbonyl (C=O) groups excluding carboxylic acids is 1. The molecule has 1 aromatic heterocycles. The van der Waals surface area contributed by atoms with E-state index in [1.54, 1.807) is 17.1 Å². The van der Waals surface area contributed by atoms with Crippen LogP contribution in [-0.2, 0) is 0 Å². The van der Waals surface area contributed by atoms with Crippen LogP contribution in [0.2, 0.25) is 0 Å². The van der Waals surface area contributed by atoms with Gasteiger partial charge in [-0.15, -0.1) is 11.3 Å². The van der Waals surface area contributed by atoms with E-state index in [1.165, 1.54) is 6.07 Å². The molecule has 0 radical (unpaired) electrons. The van der Waals surface area contributed by atoms with Gasteiger partial charge in [0, 0.05) is 11.3 Å². The molecule has 0 saturated heterocycles. The predicted octanol–water partition coefficient (Wildman–Crippen LogP) is 2.68. The van der Waals surface area contributed by atoms with Crippen LogP contribution < -0.4 is 10.1 Å². The number of nitrogens with one attached hydrogen (secondary N) is 1. The molecule has 5 nitrogen and oxygen atoms in total. The summed E-state index contributed by atoms with van der Waals surface area (Å²) in [5.41, 5.74) is -0.360. The van der Waals surface area contributed by atoms with E-state index in [2.05, 4.69) is 10.1 Å². The molecule has 7 heteroatoms. The molecule has 1 amide bonds. The minimum Gasteiger partial charge on any atom is -0.449 e. The van der Waals surface area contributed by atoms with Crippen LogP contribution in [0.3, 0.4) is 0 Å². The van der Waals surface area contributed by atoms with Crippen molar-refractivity contribution in [1.29, 1.82) is 0 Å². The summed E-state index contributed by atoms with van der Waals surface area (Å²) in [5.74, 6) is 0.518. The van der Waals surface area contributed by atoms with Crippen molar-refractivity contribution in [2.45, 2.75) is 19.4 Å². The molecule has 0 aliphatic heterocycles. The summed E-state index contributed by atoms with van der Waals surface area (Å²) in [7, 11) is 0. The van der Waals surface area contributed by atoms with Crippen LogP contribution in [0.25, 0.3) is 0 Å². The molecule has 0 saturated carbocycles. The zero-order valence-electron chi connectivity index (χ0n) is 10.4. The third-order valence-electron chi connectivity index (χ3n) is 1.99. The van der Waals surface area contributed by atoms with E-state index in [0.717, 1.165) is 17.1 Å². The van der Waals surface area contributed by atoms with Crippen LogP contribution in [0.4, 0.5) is 4.79 Å². The average Bonchev–Trinajstić information content (AvgIpc) is 2.63. The van der Waals surface area contributed by atoms with Gasteiger partial charge in [-0.05, 0) is 31.5 Å². The number of hydrogen-bond acceptors (Lipinski definition) is 5. The van der Waals surface area contributed by atoms with Gasteiger partial charge in [0.2, 0.25) is 0 Å². The lowest BCUT2D eigenvalue weighted by Crippen LogP contribution is -2.45. The Morgan fingerprint density at radius 3 is 2.78 bits per heavy atom. The maximum atomic E-state index is 12.0. The Labute approximate surface area is 114 Å². The fraction of sp³-hybridized carbons (Fsp3) is 0.455. The van der Waals surface area contributed by atoms with Crippen LogP contribution in [-0.4, -0.2) is 34.7 Å². The molecule has 1 heterocycles. The zero-order valence-corrected chi connectivity index (χ0v) is 12.0. The van der Waals surface area contributed by atoms with Crippen LogP contribution in [0, 0.1) is 0 Å². The standard InChI is InChI=1S/C11H15NO4S2/c1-11(2,6-17-3)12-9(13)8-7(4-5-18-8)16-10(14)15/h4-5H,6H2,1-3H3,(H,12,13)(H,14,15). The summed E-state index contributed by atoms with van der Waals surface area (Å²) in [6.07, 6.45) is 0.531. The molecule has 1 rings (SSSR count). The second kappa shape index (κ2) is 6.10. The van der Waals surface area contributed by atoms with Crippen molar-refractivity contribution < 1.29 is 19.4 Å². The highest BCUT2D eigenvalue weighted by Gasteiger charge is 2.24. The molecule has 1 aromatic rings. The molecule has 0 spiro atoms. The van der Waals surface area contributed by atoms with Gasteiger partial charge < -0.3 is 15.2 Å². The average molecular weight is 289 g/mol. The Hall–Kier alpha value is -1.21. The van der Waals surface area contributed by atoms with E-state index < -0.39 is 6.16 Å². The molecule has 0 bridgehead atoms. The molecule has 0 aromatic carbocycles. The molecular formula is C11H15NO4S2.